The summed E-state index contributed by atoms with van der Waals surface area (Å²) in [5.41, 5.74) is 1.94. The van der Waals surface area contributed by atoms with Crippen molar-refractivity contribution in [2.45, 2.75) is 19.0 Å². The number of rotatable bonds is 4. The van der Waals surface area contributed by atoms with Gasteiger partial charge >= 0.3 is 0 Å². The summed E-state index contributed by atoms with van der Waals surface area (Å²) in [5.74, 6) is 0.114. The standard InChI is InChI=1S/C22H22N2O/c25-22(20-11-10-18-8-4-5-9-19(18)14-20)24(21-12-13-23-15-21)16-17-6-2-1-3-7-17/h1-11,14,21,23H,12-13,15-16H2. The molecule has 0 aliphatic carbocycles. The fraction of sp³-hybridized carbons (Fsp3) is 0.227. The molecule has 0 radical (unpaired) electrons. The minimum Gasteiger partial charge on any atom is -0.330 e. The molecule has 3 heteroatoms. The Balaban J connectivity index is 1.65. The van der Waals surface area contributed by atoms with Crippen LogP contribution in [0.5, 0.6) is 0 Å². The first kappa shape index (κ1) is 15.9. The third-order valence-corrected chi connectivity index (χ3v) is 4.93. The summed E-state index contributed by atoms with van der Waals surface area (Å²) in [6.45, 7) is 2.49. The quantitative estimate of drug-likeness (QED) is 0.788. The van der Waals surface area contributed by atoms with Crippen molar-refractivity contribution >= 4 is 16.7 Å². The average Bonchev–Trinajstić information content (AvgIpc) is 3.20. The first-order chi connectivity index (χ1) is 12.3. The Morgan fingerprint density at radius 3 is 2.48 bits per heavy atom. The lowest BCUT2D eigenvalue weighted by Gasteiger charge is -2.29. The Bertz CT molecular complexity index is 869. The zero-order chi connectivity index (χ0) is 17.1. The molecule has 1 fully saturated rings. The van der Waals surface area contributed by atoms with Crippen LogP contribution in [-0.2, 0) is 6.54 Å². The summed E-state index contributed by atoms with van der Waals surface area (Å²) in [7, 11) is 0. The Morgan fingerprint density at radius 1 is 0.960 bits per heavy atom. The summed E-state index contributed by atoms with van der Waals surface area (Å²) in [4.78, 5) is 15.3. The molecule has 25 heavy (non-hydrogen) atoms. The molecule has 1 atom stereocenters. The van der Waals surface area contributed by atoms with Gasteiger partial charge in [-0.3, -0.25) is 4.79 Å². The predicted octanol–water partition coefficient (Wildman–Crippen LogP) is 3.84. The van der Waals surface area contributed by atoms with Crippen LogP contribution in [0.3, 0.4) is 0 Å². The average molecular weight is 330 g/mol. The van der Waals surface area contributed by atoms with Crippen molar-refractivity contribution in [3.05, 3.63) is 83.9 Å². The van der Waals surface area contributed by atoms with Gasteiger partial charge < -0.3 is 10.2 Å². The Hall–Kier alpha value is -2.65. The van der Waals surface area contributed by atoms with Crippen LogP contribution in [0.1, 0.15) is 22.3 Å². The molecule has 1 saturated heterocycles. The monoisotopic (exact) mass is 330 g/mol. The molecule has 0 aromatic heterocycles. The second kappa shape index (κ2) is 7.08. The van der Waals surface area contributed by atoms with Gasteiger partial charge in [0, 0.05) is 24.7 Å². The number of amides is 1. The van der Waals surface area contributed by atoms with Crippen LogP contribution in [0.25, 0.3) is 10.8 Å². The Kier molecular flexibility index (Phi) is 4.49. The fourth-order valence-corrected chi connectivity index (χ4v) is 3.54. The zero-order valence-electron chi connectivity index (χ0n) is 14.2. The highest BCUT2D eigenvalue weighted by Gasteiger charge is 2.27. The van der Waals surface area contributed by atoms with Crippen molar-refractivity contribution in [3.8, 4) is 0 Å². The number of carbonyl (C=O) groups excluding carboxylic acids is 1. The van der Waals surface area contributed by atoms with Crippen molar-refractivity contribution < 1.29 is 4.79 Å². The molecule has 0 spiro atoms. The molecule has 1 unspecified atom stereocenters. The molecular formula is C22H22N2O. The van der Waals surface area contributed by atoms with Crippen LogP contribution in [0.4, 0.5) is 0 Å². The maximum Gasteiger partial charge on any atom is 0.254 e. The lowest BCUT2D eigenvalue weighted by atomic mass is 10.0. The van der Waals surface area contributed by atoms with Gasteiger partial charge in [0.1, 0.15) is 0 Å². The number of nitrogens with zero attached hydrogens (tertiary/aromatic N) is 1. The summed E-state index contributed by atoms with van der Waals surface area (Å²) < 4.78 is 0. The largest absolute Gasteiger partial charge is 0.330 e. The van der Waals surface area contributed by atoms with Crippen molar-refractivity contribution in [1.29, 1.82) is 0 Å². The predicted molar refractivity (Wildman–Crippen MR) is 102 cm³/mol. The highest BCUT2D eigenvalue weighted by Crippen LogP contribution is 2.21. The van der Waals surface area contributed by atoms with E-state index in [0.717, 1.165) is 35.8 Å². The number of carbonyl (C=O) groups is 1. The summed E-state index contributed by atoms with van der Waals surface area (Å²) >= 11 is 0. The molecule has 0 saturated carbocycles. The zero-order valence-corrected chi connectivity index (χ0v) is 14.2. The maximum absolute atomic E-state index is 13.3. The molecule has 1 N–H and O–H groups in total. The van der Waals surface area contributed by atoms with Crippen molar-refractivity contribution in [2.75, 3.05) is 13.1 Å². The summed E-state index contributed by atoms with van der Waals surface area (Å²) in [6.07, 6.45) is 1.01. The molecule has 1 amide bonds. The number of nitrogens with one attached hydrogen (secondary N) is 1. The Labute approximate surface area is 148 Å². The van der Waals surface area contributed by atoms with Gasteiger partial charge in [-0.05, 0) is 41.4 Å². The normalized spacial score (nSPS) is 16.9. The number of benzene rings is 3. The van der Waals surface area contributed by atoms with Gasteiger partial charge in [0.15, 0.2) is 0 Å². The van der Waals surface area contributed by atoms with Gasteiger partial charge in [-0.25, -0.2) is 0 Å². The fourth-order valence-electron chi connectivity index (χ4n) is 3.54. The molecule has 1 aliphatic heterocycles. The number of hydrogen-bond acceptors (Lipinski definition) is 2. The number of fused-ring (bicyclic) bond motifs is 1. The third kappa shape index (κ3) is 3.42. The molecule has 3 aromatic rings. The Morgan fingerprint density at radius 2 is 1.72 bits per heavy atom. The second-order valence-corrected chi connectivity index (χ2v) is 6.63. The van der Waals surface area contributed by atoms with E-state index in [2.05, 4.69) is 29.6 Å². The van der Waals surface area contributed by atoms with E-state index in [1.807, 2.05) is 53.4 Å². The first-order valence-corrected chi connectivity index (χ1v) is 8.86. The molecule has 1 aliphatic rings. The van der Waals surface area contributed by atoms with Crippen LogP contribution in [-0.4, -0.2) is 29.9 Å². The molecule has 126 valence electrons. The van der Waals surface area contributed by atoms with Gasteiger partial charge in [0.2, 0.25) is 0 Å². The van der Waals surface area contributed by atoms with E-state index < -0.39 is 0 Å². The van der Waals surface area contributed by atoms with E-state index in [4.69, 9.17) is 0 Å². The highest BCUT2D eigenvalue weighted by atomic mass is 16.2. The van der Waals surface area contributed by atoms with Gasteiger partial charge in [0.05, 0.1) is 0 Å². The number of hydrogen-bond donors (Lipinski definition) is 1. The van der Waals surface area contributed by atoms with Crippen LogP contribution < -0.4 is 5.32 Å². The molecule has 3 aromatic carbocycles. The molecule has 4 rings (SSSR count). The van der Waals surface area contributed by atoms with Crippen molar-refractivity contribution in [1.82, 2.24) is 10.2 Å². The van der Waals surface area contributed by atoms with Crippen LogP contribution in [0.2, 0.25) is 0 Å². The van der Waals surface area contributed by atoms with E-state index in [-0.39, 0.29) is 11.9 Å². The van der Waals surface area contributed by atoms with E-state index in [1.165, 1.54) is 5.56 Å². The van der Waals surface area contributed by atoms with Crippen LogP contribution in [0.15, 0.2) is 72.8 Å². The van der Waals surface area contributed by atoms with Crippen LogP contribution >= 0.6 is 0 Å². The van der Waals surface area contributed by atoms with E-state index in [1.54, 1.807) is 0 Å². The lowest BCUT2D eigenvalue weighted by Crippen LogP contribution is -2.41. The van der Waals surface area contributed by atoms with Gasteiger partial charge in [-0.2, -0.15) is 0 Å². The van der Waals surface area contributed by atoms with Crippen molar-refractivity contribution in [3.63, 3.8) is 0 Å². The SMILES string of the molecule is O=C(c1ccc2ccccc2c1)N(Cc1ccccc1)C1CCNC1. The highest BCUT2D eigenvalue weighted by molar-refractivity contribution is 5.98. The smallest absolute Gasteiger partial charge is 0.254 e. The minimum atomic E-state index is 0.114. The first-order valence-electron chi connectivity index (χ1n) is 8.86. The lowest BCUT2D eigenvalue weighted by molar-refractivity contribution is 0.0676. The van der Waals surface area contributed by atoms with E-state index in [0.29, 0.717) is 6.54 Å². The van der Waals surface area contributed by atoms with Gasteiger partial charge in [-0.1, -0.05) is 60.7 Å². The van der Waals surface area contributed by atoms with Gasteiger partial charge in [0.25, 0.3) is 5.91 Å². The molecule has 1 heterocycles. The second-order valence-electron chi connectivity index (χ2n) is 6.63. The van der Waals surface area contributed by atoms with Gasteiger partial charge in [-0.15, -0.1) is 0 Å². The summed E-state index contributed by atoms with van der Waals surface area (Å²) in [6, 6.07) is 24.7. The third-order valence-electron chi connectivity index (χ3n) is 4.93. The van der Waals surface area contributed by atoms with E-state index >= 15 is 0 Å². The van der Waals surface area contributed by atoms with Crippen LogP contribution in [0, 0.1) is 0 Å². The minimum absolute atomic E-state index is 0.114. The summed E-state index contributed by atoms with van der Waals surface area (Å²) in [5, 5.41) is 5.65. The molecular weight excluding hydrogens is 308 g/mol. The van der Waals surface area contributed by atoms with Crippen molar-refractivity contribution in [2.24, 2.45) is 0 Å². The molecule has 3 nitrogen and oxygen atoms in total. The van der Waals surface area contributed by atoms with E-state index in [9.17, 15) is 4.79 Å². The molecule has 0 bridgehead atoms. The maximum atomic E-state index is 13.3. The topological polar surface area (TPSA) is 32.3 Å².